The van der Waals surface area contributed by atoms with Gasteiger partial charge in [0.05, 0.1) is 5.56 Å². The summed E-state index contributed by atoms with van der Waals surface area (Å²) in [5.74, 6) is 0.0758. The Balaban J connectivity index is 0.00000264. The minimum atomic E-state index is -4.37. The first-order chi connectivity index (χ1) is 10.4. The standard InChI is InChI=1S/C15H19F3N2O2.ClH/c1-20(12-6-8-19-9-7-12)14(21)10-22-13-4-2-11(3-5-13)15(16,17)18;/h2-5,12,19H,6-10H2,1H3;1H. The van der Waals surface area contributed by atoms with Gasteiger partial charge in [0.2, 0.25) is 0 Å². The number of halogens is 4. The molecule has 1 aromatic carbocycles. The number of nitrogens with one attached hydrogen (secondary N) is 1. The van der Waals surface area contributed by atoms with E-state index in [2.05, 4.69) is 5.32 Å². The number of benzene rings is 1. The van der Waals surface area contributed by atoms with Gasteiger partial charge in [-0.15, -0.1) is 12.4 Å². The molecule has 0 aromatic heterocycles. The second-order valence-electron chi connectivity index (χ2n) is 5.30. The number of carbonyl (C=O) groups excluding carboxylic acids is 1. The van der Waals surface area contributed by atoms with E-state index in [1.807, 2.05) is 0 Å². The van der Waals surface area contributed by atoms with Crippen molar-refractivity contribution in [3.05, 3.63) is 29.8 Å². The Kier molecular flexibility index (Phi) is 7.15. The molecular formula is C15H20ClF3N2O2. The molecule has 1 N–H and O–H groups in total. The molecule has 0 unspecified atom stereocenters. The summed E-state index contributed by atoms with van der Waals surface area (Å²) in [6, 6.07) is 4.51. The zero-order valence-corrected chi connectivity index (χ0v) is 13.5. The molecule has 1 aliphatic heterocycles. The van der Waals surface area contributed by atoms with E-state index in [1.54, 1.807) is 11.9 Å². The van der Waals surface area contributed by atoms with E-state index in [9.17, 15) is 18.0 Å². The normalized spacial score (nSPS) is 15.7. The van der Waals surface area contributed by atoms with Crippen molar-refractivity contribution >= 4 is 18.3 Å². The monoisotopic (exact) mass is 352 g/mol. The van der Waals surface area contributed by atoms with Gasteiger partial charge in [0.25, 0.3) is 5.91 Å². The Hall–Kier alpha value is -1.47. The number of likely N-dealkylation sites (N-methyl/N-ethyl adjacent to an activating group) is 1. The van der Waals surface area contributed by atoms with Crippen molar-refractivity contribution in [3.63, 3.8) is 0 Å². The molecule has 1 fully saturated rings. The maximum Gasteiger partial charge on any atom is 0.416 e. The molecule has 0 radical (unpaired) electrons. The molecule has 0 aliphatic carbocycles. The highest BCUT2D eigenvalue weighted by Crippen LogP contribution is 2.30. The highest BCUT2D eigenvalue weighted by molar-refractivity contribution is 5.85. The highest BCUT2D eigenvalue weighted by Gasteiger charge is 2.30. The van der Waals surface area contributed by atoms with Crippen LogP contribution in [-0.4, -0.2) is 43.6 Å². The van der Waals surface area contributed by atoms with Crippen LogP contribution in [0.25, 0.3) is 0 Å². The van der Waals surface area contributed by atoms with Gasteiger partial charge in [0.1, 0.15) is 5.75 Å². The molecule has 2 rings (SSSR count). The Morgan fingerprint density at radius 2 is 1.83 bits per heavy atom. The number of alkyl halides is 3. The van der Waals surface area contributed by atoms with Crippen molar-refractivity contribution in [2.45, 2.75) is 25.1 Å². The van der Waals surface area contributed by atoms with Crippen LogP contribution < -0.4 is 10.1 Å². The number of rotatable bonds is 4. The number of nitrogens with zero attached hydrogens (tertiary/aromatic N) is 1. The SMILES string of the molecule is CN(C(=O)COc1ccc(C(F)(F)F)cc1)C1CCNCC1.Cl. The van der Waals surface area contributed by atoms with Gasteiger partial charge in [-0.1, -0.05) is 0 Å². The lowest BCUT2D eigenvalue weighted by Gasteiger charge is -2.31. The van der Waals surface area contributed by atoms with Crippen molar-refractivity contribution in [1.82, 2.24) is 10.2 Å². The summed E-state index contributed by atoms with van der Waals surface area (Å²) in [4.78, 5) is 13.7. The maximum absolute atomic E-state index is 12.4. The summed E-state index contributed by atoms with van der Waals surface area (Å²) in [6.45, 7) is 1.58. The van der Waals surface area contributed by atoms with Gasteiger partial charge in [-0.2, -0.15) is 13.2 Å². The third-order valence-electron chi connectivity index (χ3n) is 3.79. The zero-order chi connectivity index (χ0) is 16.2. The third-order valence-corrected chi connectivity index (χ3v) is 3.79. The maximum atomic E-state index is 12.4. The van der Waals surface area contributed by atoms with Gasteiger partial charge in [-0.25, -0.2) is 0 Å². The van der Waals surface area contributed by atoms with Crippen LogP contribution in [0.1, 0.15) is 18.4 Å². The van der Waals surface area contributed by atoms with E-state index in [-0.39, 0.29) is 36.7 Å². The molecule has 0 bridgehead atoms. The first-order valence-electron chi connectivity index (χ1n) is 7.14. The van der Waals surface area contributed by atoms with Crippen molar-refractivity contribution in [1.29, 1.82) is 0 Å². The highest BCUT2D eigenvalue weighted by atomic mass is 35.5. The van der Waals surface area contributed by atoms with E-state index in [1.165, 1.54) is 12.1 Å². The van der Waals surface area contributed by atoms with Crippen LogP contribution in [0.4, 0.5) is 13.2 Å². The summed E-state index contributed by atoms with van der Waals surface area (Å²) in [5, 5.41) is 3.22. The number of amides is 1. The van der Waals surface area contributed by atoms with Gasteiger partial charge in [-0.3, -0.25) is 4.79 Å². The number of ether oxygens (including phenoxy) is 1. The molecule has 1 aromatic rings. The van der Waals surface area contributed by atoms with Crippen LogP contribution in [0.15, 0.2) is 24.3 Å². The van der Waals surface area contributed by atoms with Crippen molar-refractivity contribution in [2.75, 3.05) is 26.7 Å². The molecule has 23 heavy (non-hydrogen) atoms. The lowest BCUT2D eigenvalue weighted by molar-refractivity contribution is -0.138. The molecule has 0 atom stereocenters. The fourth-order valence-corrected chi connectivity index (χ4v) is 2.38. The van der Waals surface area contributed by atoms with Crippen molar-refractivity contribution in [3.8, 4) is 5.75 Å². The summed E-state index contributed by atoms with van der Waals surface area (Å²) >= 11 is 0. The Morgan fingerprint density at radius 3 is 2.35 bits per heavy atom. The summed E-state index contributed by atoms with van der Waals surface area (Å²) in [5.41, 5.74) is -0.738. The predicted octanol–water partition coefficient (Wildman–Crippen LogP) is 2.72. The lowest BCUT2D eigenvalue weighted by Crippen LogP contribution is -2.45. The van der Waals surface area contributed by atoms with E-state index >= 15 is 0 Å². The number of hydrogen-bond acceptors (Lipinski definition) is 3. The molecule has 1 aliphatic rings. The van der Waals surface area contributed by atoms with E-state index < -0.39 is 11.7 Å². The molecule has 1 saturated heterocycles. The molecular weight excluding hydrogens is 333 g/mol. The molecule has 1 amide bonds. The van der Waals surface area contributed by atoms with Crippen LogP contribution in [0, 0.1) is 0 Å². The average Bonchev–Trinajstić information content (AvgIpc) is 2.52. The van der Waals surface area contributed by atoms with Gasteiger partial charge in [-0.05, 0) is 50.2 Å². The molecule has 130 valence electrons. The minimum absolute atomic E-state index is 0. The van der Waals surface area contributed by atoms with E-state index in [0.717, 1.165) is 38.1 Å². The average molecular weight is 353 g/mol. The quantitative estimate of drug-likeness (QED) is 0.906. The molecule has 1 heterocycles. The Labute approximate surface area is 139 Å². The van der Waals surface area contributed by atoms with Crippen LogP contribution in [0.3, 0.4) is 0 Å². The summed E-state index contributed by atoms with van der Waals surface area (Å²) < 4.78 is 42.6. The smallest absolute Gasteiger partial charge is 0.416 e. The number of hydrogen-bond donors (Lipinski definition) is 1. The minimum Gasteiger partial charge on any atom is -0.484 e. The first kappa shape index (κ1) is 19.6. The second kappa shape index (κ2) is 8.40. The fourth-order valence-electron chi connectivity index (χ4n) is 2.38. The largest absolute Gasteiger partial charge is 0.484 e. The number of piperidine rings is 1. The second-order valence-corrected chi connectivity index (χ2v) is 5.30. The molecule has 0 saturated carbocycles. The molecule has 0 spiro atoms. The van der Waals surface area contributed by atoms with Gasteiger partial charge in [0, 0.05) is 13.1 Å². The topological polar surface area (TPSA) is 41.6 Å². The van der Waals surface area contributed by atoms with Crippen LogP contribution >= 0.6 is 12.4 Å². The van der Waals surface area contributed by atoms with Gasteiger partial charge < -0.3 is 15.0 Å². The van der Waals surface area contributed by atoms with Crippen molar-refractivity contribution in [2.24, 2.45) is 0 Å². The third kappa shape index (κ3) is 5.58. The van der Waals surface area contributed by atoms with Crippen molar-refractivity contribution < 1.29 is 22.7 Å². The number of carbonyl (C=O) groups is 1. The Bertz CT molecular complexity index is 502. The van der Waals surface area contributed by atoms with Gasteiger partial charge >= 0.3 is 6.18 Å². The van der Waals surface area contributed by atoms with Crippen LogP contribution in [-0.2, 0) is 11.0 Å². The van der Waals surface area contributed by atoms with Crippen LogP contribution in [0.5, 0.6) is 5.75 Å². The summed E-state index contributed by atoms with van der Waals surface area (Å²) in [6.07, 6.45) is -2.59. The first-order valence-corrected chi connectivity index (χ1v) is 7.14. The lowest BCUT2D eigenvalue weighted by atomic mass is 10.1. The van der Waals surface area contributed by atoms with Gasteiger partial charge in [0.15, 0.2) is 6.61 Å². The van der Waals surface area contributed by atoms with Crippen LogP contribution in [0.2, 0.25) is 0 Å². The Morgan fingerprint density at radius 1 is 1.26 bits per heavy atom. The van der Waals surface area contributed by atoms with E-state index in [0.29, 0.717) is 0 Å². The molecule has 4 nitrogen and oxygen atoms in total. The van der Waals surface area contributed by atoms with E-state index in [4.69, 9.17) is 4.74 Å². The predicted molar refractivity (Wildman–Crippen MR) is 82.8 cm³/mol. The summed E-state index contributed by atoms with van der Waals surface area (Å²) in [7, 11) is 1.73. The fraction of sp³-hybridized carbons (Fsp3) is 0.533. The molecule has 8 heteroatoms. The zero-order valence-electron chi connectivity index (χ0n) is 12.7.